The van der Waals surface area contributed by atoms with Gasteiger partial charge in [-0.25, -0.2) is 23.6 Å². The Labute approximate surface area is 832 Å². The molecule has 746 valence electrons. The fraction of sp³-hybridized carbons (Fsp3) is 0.196. The van der Waals surface area contributed by atoms with Gasteiger partial charge in [0.05, 0.1) is 59.8 Å². The summed E-state index contributed by atoms with van der Waals surface area (Å²) in [7, 11) is 0. The number of benzene rings is 8. The number of para-hydroxylation sites is 3. The van der Waals surface area contributed by atoms with Gasteiger partial charge in [-0.3, -0.25) is 19.2 Å². The molecule has 0 saturated heterocycles. The Morgan fingerprint density at radius 1 is 0.418 bits per heavy atom. The molecule has 21 N–H and O–H groups in total. The van der Waals surface area contributed by atoms with Crippen LogP contribution in [0.5, 0.6) is 23.0 Å². The van der Waals surface area contributed by atoms with Gasteiger partial charge in [-0.05, 0) is 173 Å². The standard InChI is InChI=1S/C31H27FN2O6.C29H28N2O7.C29H26N2O7.C23H19NO5S/c1-14(13-35)3-5-16-6-4-15(2)22-20(12-33-25(16)22)27(36)30-28(37)24(29(40-30)31(38)39)23-19-10-9-18(32)11-21(19)34-26(23)17-7-8-17;2*1-14(12-32)7-9-16-10-8-15(2)21-18(11-30-24(16)21)25(34)28-26(35)23(27(38-28)29(36)37)22-17-5-3-4-6-19(17)31-20(22)13-33;25-11-5-9-14-8-4-10-15-16(12-24-18(14)15)19(26)22-20(27)17(21(30-22)23(28)29)13-6-2-1-3-7-13/h3-4,6,9-12,17,33-35,37H,5,7-8,13H2,1-2H3,(H,38,39);3-6,8,10-11,14,30-33,35H,7,9,12-13H2,1-2H3,(H,36,37);3-8,10-11,30-33,35H,9,12-13H2,1-2H3,(H,36,37);1-4,6-8,10,12,24-25,27H,5,9,11H2,(H,28,29)/b14-3-;;14-7+;. The summed E-state index contributed by atoms with van der Waals surface area (Å²) < 4.78 is 30.7. The monoisotopic (exact) mass is 1990 g/mol. The lowest BCUT2D eigenvalue weighted by Gasteiger charge is -2.10. The number of aromatic nitrogens is 7. The highest BCUT2D eigenvalue weighted by Gasteiger charge is 2.41. The molecular weight excluding hydrogens is 1890 g/mol. The predicted molar refractivity (Wildman–Crippen MR) is 546 cm³/mol. The van der Waals surface area contributed by atoms with Crippen molar-refractivity contribution in [2.24, 2.45) is 5.92 Å². The van der Waals surface area contributed by atoms with E-state index in [9.17, 15) is 109 Å². The van der Waals surface area contributed by atoms with Crippen LogP contribution in [0.4, 0.5) is 4.39 Å². The molecule has 32 nitrogen and oxygen atoms in total. The number of carbonyl (C=O) groups excluding carboxylic acids is 4. The highest BCUT2D eigenvalue weighted by Crippen LogP contribution is 2.54. The molecule has 1 unspecified atom stereocenters. The van der Waals surface area contributed by atoms with Gasteiger partial charge in [-0.1, -0.05) is 152 Å². The summed E-state index contributed by atoms with van der Waals surface area (Å²) in [6.45, 7) is 10.3. The van der Waals surface area contributed by atoms with Crippen molar-refractivity contribution in [2.75, 3.05) is 26.4 Å². The second-order valence-corrected chi connectivity index (χ2v) is 37.1. The van der Waals surface area contributed by atoms with Crippen molar-refractivity contribution in [3.8, 4) is 67.5 Å². The Hall–Kier alpha value is -17.0. The van der Waals surface area contributed by atoms with Crippen LogP contribution in [0, 0.1) is 32.5 Å². The van der Waals surface area contributed by atoms with Crippen LogP contribution in [0.2, 0.25) is 0 Å². The molecule has 0 amide bonds. The first-order valence-electron chi connectivity index (χ1n) is 46.7. The number of thiophene rings is 1. The summed E-state index contributed by atoms with van der Waals surface area (Å²) in [6, 6.07) is 43.9. The second kappa shape index (κ2) is 41.9. The molecule has 0 bridgehead atoms. The van der Waals surface area contributed by atoms with Gasteiger partial charge in [0, 0.05) is 159 Å². The van der Waals surface area contributed by atoms with Gasteiger partial charge in [-0.15, -0.1) is 11.3 Å². The fourth-order valence-corrected chi connectivity index (χ4v) is 19.9. The maximum atomic E-state index is 14.0. The second-order valence-electron chi connectivity index (χ2n) is 36.1. The summed E-state index contributed by atoms with van der Waals surface area (Å²) in [5, 5.41) is 145. The Morgan fingerprint density at radius 3 is 1.29 bits per heavy atom. The third kappa shape index (κ3) is 18.9. The van der Waals surface area contributed by atoms with Crippen LogP contribution >= 0.6 is 11.3 Å². The minimum atomic E-state index is -1.47. The Bertz CT molecular complexity index is 8490. The van der Waals surface area contributed by atoms with E-state index in [1.807, 2.05) is 108 Å². The third-order valence-corrected chi connectivity index (χ3v) is 27.6. The van der Waals surface area contributed by atoms with E-state index < -0.39 is 118 Å². The van der Waals surface area contributed by atoms with Gasteiger partial charge >= 0.3 is 23.9 Å². The lowest BCUT2D eigenvalue weighted by Crippen LogP contribution is -2.03. The largest absolute Gasteiger partial charge is 0.506 e. The molecule has 11 aromatic heterocycles. The first-order valence-corrected chi connectivity index (χ1v) is 47.5. The number of aromatic hydroxyl groups is 4. The zero-order valence-corrected chi connectivity index (χ0v) is 80.3. The van der Waals surface area contributed by atoms with E-state index in [1.54, 1.807) is 85.1 Å². The zero-order chi connectivity index (χ0) is 104. The van der Waals surface area contributed by atoms with Crippen molar-refractivity contribution in [3.63, 3.8) is 0 Å². The van der Waals surface area contributed by atoms with Crippen LogP contribution in [0.1, 0.15) is 213 Å². The number of carbonyl (C=O) groups is 8. The van der Waals surface area contributed by atoms with Crippen LogP contribution < -0.4 is 0 Å². The molecule has 34 heteroatoms. The van der Waals surface area contributed by atoms with Crippen LogP contribution in [0.15, 0.2) is 213 Å². The maximum Gasteiger partial charge on any atom is 0.372 e. The molecule has 1 saturated carbocycles. The van der Waals surface area contributed by atoms with E-state index in [0.717, 1.165) is 103 Å². The number of aromatic carboxylic acids is 4. The summed E-state index contributed by atoms with van der Waals surface area (Å²) in [5.74, 6) is -13.6. The molecule has 1 aliphatic carbocycles. The van der Waals surface area contributed by atoms with Crippen molar-refractivity contribution in [1.82, 2.24) is 34.9 Å². The highest BCUT2D eigenvalue weighted by atomic mass is 32.1. The average molecular weight is 2000 g/mol. The fourth-order valence-electron chi connectivity index (χ4n) is 18.9. The van der Waals surface area contributed by atoms with Crippen molar-refractivity contribution < 1.29 is 127 Å². The van der Waals surface area contributed by atoms with Gasteiger partial charge in [0.2, 0.25) is 57.7 Å². The van der Waals surface area contributed by atoms with Gasteiger partial charge in [0.1, 0.15) is 21.3 Å². The molecule has 146 heavy (non-hydrogen) atoms. The lowest BCUT2D eigenvalue weighted by atomic mass is 9.95. The number of hydrogen-bond acceptors (Lipinski definition) is 22. The predicted octanol–water partition coefficient (Wildman–Crippen LogP) is 20.5. The Balaban J connectivity index is 0.000000134. The first-order chi connectivity index (χ1) is 70.2. The van der Waals surface area contributed by atoms with Crippen molar-refractivity contribution in [3.05, 3.63) is 328 Å². The van der Waals surface area contributed by atoms with E-state index in [2.05, 4.69) is 34.9 Å². The SMILES string of the molecule is C/C(=C/Cc1ccc(C)c2c(C(=O)c3oc(C(=O)O)c(-c4c(C5CC5)[nH]c5cc(F)ccc45)c3O)c[nH]c12)CO.C/C(=C\Cc1ccc(C)c2c(C(=O)c3oc(C(=O)O)c(-c4c(CO)[nH]c5ccccc45)c3O)c[nH]c12)CO.Cc1ccc(CCC(C)CO)c2[nH]cc(C(=O)c3oc(C(=O)O)c(-c4c(CO)[nH]c5ccccc45)c3O)c12.O=C(O)c1sc(C(=O)c2c[nH]c3c(CCCO)cccc23)c(O)c1-c1ccccc1. The number of carboxylic acid groups (broad SMARTS) is 4. The number of allylic oxidation sites excluding steroid dienone is 2. The number of aromatic amines is 7. The molecule has 0 spiro atoms. The summed E-state index contributed by atoms with van der Waals surface area (Å²) in [5.41, 5.74) is 16.0. The van der Waals surface area contributed by atoms with Crippen molar-refractivity contribution in [1.29, 1.82) is 0 Å². The number of rotatable bonds is 32. The molecule has 20 rings (SSSR count). The number of furan rings is 3. The normalized spacial score (nSPS) is 12.5. The highest BCUT2D eigenvalue weighted by molar-refractivity contribution is 7.17. The number of aliphatic hydroxyl groups is 6. The maximum absolute atomic E-state index is 14.0. The number of H-pyrrole nitrogens is 7. The number of aliphatic hydroxyl groups excluding tert-OH is 6. The molecule has 8 aromatic carbocycles. The minimum Gasteiger partial charge on any atom is -0.506 e. The molecule has 1 fully saturated rings. The van der Waals surface area contributed by atoms with Gasteiger partial charge < -0.3 is 120 Å². The Morgan fingerprint density at radius 2 is 0.842 bits per heavy atom. The van der Waals surface area contributed by atoms with E-state index in [0.29, 0.717) is 109 Å². The van der Waals surface area contributed by atoms with Crippen molar-refractivity contribution >= 4 is 135 Å². The first kappa shape index (κ1) is 101. The van der Waals surface area contributed by atoms with E-state index in [-0.39, 0.29) is 115 Å². The van der Waals surface area contributed by atoms with Crippen molar-refractivity contribution in [2.45, 2.75) is 112 Å². The van der Waals surface area contributed by atoms with E-state index in [1.165, 1.54) is 36.8 Å². The quantitative estimate of drug-likeness (QED) is 0.0137. The number of carboxylic acids is 4. The number of aryl methyl sites for hydroxylation is 5. The Kier molecular flexibility index (Phi) is 28.8. The van der Waals surface area contributed by atoms with E-state index in [4.69, 9.17) is 18.4 Å². The minimum absolute atomic E-state index is 0.00656. The topological polar surface area (TPSA) is 570 Å². The number of fused-ring (bicyclic) bond motifs is 7. The molecular formula is C112H100FN7O25S. The van der Waals surface area contributed by atoms with E-state index >= 15 is 0 Å². The number of nitrogens with one attached hydrogen (secondary N) is 7. The lowest BCUT2D eigenvalue weighted by molar-refractivity contribution is 0.0650. The van der Waals surface area contributed by atoms with Crippen LogP contribution in [0.25, 0.3) is 121 Å². The molecule has 0 radical (unpaired) electrons. The molecule has 0 aliphatic heterocycles. The molecule has 11 heterocycles. The number of hydrogen-bond donors (Lipinski definition) is 21. The smallest absolute Gasteiger partial charge is 0.372 e. The van der Waals surface area contributed by atoms with Gasteiger partial charge in [-0.2, -0.15) is 0 Å². The number of ketones is 4. The summed E-state index contributed by atoms with van der Waals surface area (Å²) in [4.78, 5) is 125. The van der Waals surface area contributed by atoms with Crippen LogP contribution in [0.3, 0.4) is 0 Å². The third-order valence-electron chi connectivity index (χ3n) is 26.4. The van der Waals surface area contributed by atoms with Gasteiger partial charge in [0.15, 0.2) is 17.2 Å². The molecule has 1 aliphatic rings. The van der Waals surface area contributed by atoms with Gasteiger partial charge in [0.25, 0.3) is 0 Å². The summed E-state index contributed by atoms with van der Waals surface area (Å²) in [6.07, 6.45) is 15.5. The zero-order valence-electron chi connectivity index (χ0n) is 79.5. The summed E-state index contributed by atoms with van der Waals surface area (Å²) >= 11 is 0.776. The number of halogens is 1. The average Bonchev–Trinajstić information content (AvgIpc) is 1.57. The molecule has 19 aromatic rings. The van der Waals surface area contributed by atoms with Crippen LogP contribution in [-0.4, -0.2) is 180 Å². The van der Waals surface area contributed by atoms with Crippen LogP contribution in [-0.2, 0) is 38.9 Å². The molecule has 1 atom stereocenters.